The summed E-state index contributed by atoms with van der Waals surface area (Å²) >= 11 is 0. The van der Waals surface area contributed by atoms with Crippen molar-refractivity contribution in [2.24, 2.45) is 4.99 Å². The Morgan fingerprint density at radius 3 is 2.52 bits per heavy atom. The number of nitrogens with one attached hydrogen (secondary N) is 2. The topological polar surface area (TPSA) is 65.7 Å². The third kappa shape index (κ3) is 5.45. The molecule has 0 bridgehead atoms. The van der Waals surface area contributed by atoms with Gasteiger partial charge in [-0.25, -0.2) is 4.98 Å². The van der Waals surface area contributed by atoms with Crippen molar-refractivity contribution in [2.75, 3.05) is 31.6 Å². The van der Waals surface area contributed by atoms with Gasteiger partial charge in [0.2, 0.25) is 5.89 Å². The fourth-order valence-corrected chi connectivity index (χ4v) is 3.82. The van der Waals surface area contributed by atoms with E-state index in [1.807, 2.05) is 19.2 Å². The zero-order valence-corrected chi connectivity index (χ0v) is 18.6. The number of guanidine groups is 1. The summed E-state index contributed by atoms with van der Waals surface area (Å²) in [5.41, 5.74) is 5.74. The molecule has 1 fully saturated rings. The Hall–Kier alpha value is -3.28. The maximum atomic E-state index is 5.65. The molecule has 31 heavy (non-hydrogen) atoms. The van der Waals surface area contributed by atoms with Gasteiger partial charge < -0.3 is 20.0 Å². The average Bonchev–Trinajstić information content (AvgIpc) is 3.44. The van der Waals surface area contributed by atoms with E-state index < -0.39 is 0 Å². The molecule has 1 unspecified atom stereocenters. The SMILES string of the molecule is CN=C(NCCc1coc(-c2ccc(C)cc2)n1)NC1CCN(c2ccc(C)cc2)C1. The van der Waals surface area contributed by atoms with Gasteiger partial charge in [0, 0.05) is 50.4 Å². The zero-order valence-electron chi connectivity index (χ0n) is 18.6. The van der Waals surface area contributed by atoms with Gasteiger partial charge in [-0.1, -0.05) is 35.4 Å². The van der Waals surface area contributed by atoms with Crippen LogP contribution in [0.4, 0.5) is 5.69 Å². The van der Waals surface area contributed by atoms with E-state index in [1.54, 1.807) is 6.26 Å². The van der Waals surface area contributed by atoms with Gasteiger partial charge in [-0.2, -0.15) is 0 Å². The molecule has 0 saturated carbocycles. The second-order valence-corrected chi connectivity index (χ2v) is 8.17. The lowest BCUT2D eigenvalue weighted by atomic mass is 10.1. The van der Waals surface area contributed by atoms with E-state index in [0.29, 0.717) is 11.9 Å². The molecule has 2 heterocycles. The highest BCUT2D eigenvalue weighted by atomic mass is 16.3. The van der Waals surface area contributed by atoms with E-state index >= 15 is 0 Å². The average molecular weight is 418 g/mol. The van der Waals surface area contributed by atoms with Gasteiger partial charge in [-0.15, -0.1) is 0 Å². The fourth-order valence-electron chi connectivity index (χ4n) is 3.82. The van der Waals surface area contributed by atoms with Crippen molar-refractivity contribution in [3.8, 4) is 11.5 Å². The molecule has 0 spiro atoms. The molecular formula is C25H31N5O. The van der Waals surface area contributed by atoms with E-state index in [1.165, 1.54) is 16.8 Å². The predicted octanol–water partition coefficient (Wildman–Crippen LogP) is 3.94. The third-order valence-electron chi connectivity index (χ3n) is 5.68. The van der Waals surface area contributed by atoms with Crippen LogP contribution in [0.2, 0.25) is 0 Å². The number of oxazole rings is 1. The summed E-state index contributed by atoms with van der Waals surface area (Å²) in [5, 5.41) is 6.95. The minimum atomic E-state index is 0.382. The first-order chi connectivity index (χ1) is 15.1. The minimum absolute atomic E-state index is 0.382. The number of aryl methyl sites for hydroxylation is 2. The van der Waals surface area contributed by atoms with Gasteiger partial charge in [0.05, 0.1) is 5.69 Å². The molecule has 6 heteroatoms. The van der Waals surface area contributed by atoms with E-state index in [9.17, 15) is 0 Å². The second-order valence-electron chi connectivity index (χ2n) is 8.17. The van der Waals surface area contributed by atoms with Crippen LogP contribution < -0.4 is 15.5 Å². The van der Waals surface area contributed by atoms with Gasteiger partial charge >= 0.3 is 0 Å². The number of aliphatic imine (C=N–C) groups is 1. The number of anilines is 1. The molecule has 0 radical (unpaired) electrons. The van der Waals surface area contributed by atoms with Crippen LogP contribution in [0.15, 0.2) is 64.2 Å². The molecule has 1 aliphatic rings. The fraction of sp³-hybridized carbons (Fsp3) is 0.360. The Kier molecular flexibility index (Phi) is 6.55. The van der Waals surface area contributed by atoms with Crippen LogP contribution in [0.1, 0.15) is 23.2 Å². The van der Waals surface area contributed by atoms with Gasteiger partial charge in [-0.05, 0) is 44.5 Å². The Bertz CT molecular complexity index is 1010. The lowest BCUT2D eigenvalue weighted by Crippen LogP contribution is -2.45. The molecule has 2 aromatic carbocycles. The summed E-state index contributed by atoms with van der Waals surface area (Å²) < 4.78 is 5.65. The molecule has 6 nitrogen and oxygen atoms in total. The second kappa shape index (κ2) is 9.69. The molecule has 3 aromatic rings. The van der Waals surface area contributed by atoms with Crippen molar-refractivity contribution in [1.29, 1.82) is 0 Å². The van der Waals surface area contributed by atoms with Gasteiger partial charge in [0.25, 0.3) is 0 Å². The van der Waals surface area contributed by atoms with Gasteiger partial charge in [-0.3, -0.25) is 4.99 Å². The molecule has 0 amide bonds. The number of benzene rings is 2. The first-order valence-electron chi connectivity index (χ1n) is 10.9. The van der Waals surface area contributed by atoms with Crippen LogP contribution in [0.5, 0.6) is 0 Å². The lowest BCUT2D eigenvalue weighted by molar-refractivity contribution is 0.572. The van der Waals surface area contributed by atoms with Crippen molar-refractivity contribution >= 4 is 11.6 Å². The summed E-state index contributed by atoms with van der Waals surface area (Å²) in [5.74, 6) is 1.50. The van der Waals surface area contributed by atoms with Crippen LogP contribution in [-0.4, -0.2) is 43.7 Å². The number of aromatic nitrogens is 1. The number of rotatable bonds is 6. The van der Waals surface area contributed by atoms with E-state index in [2.05, 4.69) is 75.8 Å². The van der Waals surface area contributed by atoms with Crippen LogP contribution in [0.25, 0.3) is 11.5 Å². The van der Waals surface area contributed by atoms with Crippen molar-refractivity contribution in [2.45, 2.75) is 32.7 Å². The standard InChI is InChI=1S/C25H31N5O/c1-18-4-8-20(9-5-18)24-28-22(17-31-24)12-14-27-25(26-3)29-21-13-15-30(16-21)23-10-6-19(2)7-11-23/h4-11,17,21H,12-16H2,1-3H3,(H2,26,27,29). The normalized spacial score (nSPS) is 16.5. The smallest absolute Gasteiger partial charge is 0.226 e. The van der Waals surface area contributed by atoms with E-state index in [0.717, 1.165) is 49.7 Å². The van der Waals surface area contributed by atoms with Crippen LogP contribution in [0.3, 0.4) is 0 Å². The first kappa shape index (κ1) is 21.0. The molecule has 2 N–H and O–H groups in total. The van der Waals surface area contributed by atoms with Crippen molar-refractivity contribution < 1.29 is 4.42 Å². The van der Waals surface area contributed by atoms with Crippen LogP contribution in [-0.2, 0) is 6.42 Å². The maximum absolute atomic E-state index is 5.65. The Morgan fingerprint density at radius 2 is 1.81 bits per heavy atom. The molecule has 1 aliphatic heterocycles. The summed E-state index contributed by atoms with van der Waals surface area (Å²) in [7, 11) is 1.81. The summed E-state index contributed by atoms with van der Waals surface area (Å²) in [4.78, 5) is 11.4. The van der Waals surface area contributed by atoms with E-state index in [-0.39, 0.29) is 0 Å². The molecule has 0 aliphatic carbocycles. The van der Waals surface area contributed by atoms with Gasteiger partial charge in [0.15, 0.2) is 5.96 Å². The number of hydrogen-bond donors (Lipinski definition) is 2. The highest BCUT2D eigenvalue weighted by Gasteiger charge is 2.23. The zero-order chi connectivity index (χ0) is 21.6. The third-order valence-corrected chi connectivity index (χ3v) is 5.68. The largest absolute Gasteiger partial charge is 0.444 e. The maximum Gasteiger partial charge on any atom is 0.226 e. The quantitative estimate of drug-likeness (QED) is 0.470. The van der Waals surface area contributed by atoms with Crippen molar-refractivity contribution in [3.05, 3.63) is 71.6 Å². The van der Waals surface area contributed by atoms with Gasteiger partial charge in [0.1, 0.15) is 6.26 Å². The molecule has 1 atom stereocenters. The molecule has 1 saturated heterocycles. The predicted molar refractivity (Wildman–Crippen MR) is 127 cm³/mol. The summed E-state index contributed by atoms with van der Waals surface area (Å²) in [6, 6.07) is 17.3. The van der Waals surface area contributed by atoms with Crippen molar-refractivity contribution in [3.63, 3.8) is 0 Å². The summed E-state index contributed by atoms with van der Waals surface area (Å²) in [6.07, 6.45) is 3.61. The Balaban J connectivity index is 1.24. The number of nitrogens with zero attached hydrogens (tertiary/aromatic N) is 3. The summed E-state index contributed by atoms with van der Waals surface area (Å²) in [6.45, 7) is 6.97. The molecule has 1 aromatic heterocycles. The Morgan fingerprint density at radius 1 is 1.10 bits per heavy atom. The highest BCUT2D eigenvalue weighted by Crippen LogP contribution is 2.21. The van der Waals surface area contributed by atoms with E-state index in [4.69, 9.17) is 4.42 Å². The van der Waals surface area contributed by atoms with Crippen LogP contribution >= 0.6 is 0 Å². The first-order valence-corrected chi connectivity index (χ1v) is 10.9. The monoisotopic (exact) mass is 417 g/mol. The number of hydrogen-bond acceptors (Lipinski definition) is 4. The minimum Gasteiger partial charge on any atom is -0.444 e. The molecule has 4 rings (SSSR count). The lowest BCUT2D eigenvalue weighted by Gasteiger charge is -2.20. The van der Waals surface area contributed by atoms with Crippen molar-refractivity contribution in [1.82, 2.24) is 15.6 Å². The Labute approximate surface area is 184 Å². The van der Waals surface area contributed by atoms with Crippen LogP contribution in [0, 0.1) is 13.8 Å². The highest BCUT2D eigenvalue weighted by molar-refractivity contribution is 5.80. The molecule has 162 valence electrons. The molecular weight excluding hydrogens is 386 g/mol.